The van der Waals surface area contributed by atoms with E-state index in [1.54, 1.807) is 24.3 Å². The van der Waals surface area contributed by atoms with Gasteiger partial charge in [-0.2, -0.15) is 5.26 Å². The number of benzene rings is 1. The molecule has 1 fully saturated rings. The maximum atomic E-state index is 12.1. The van der Waals surface area contributed by atoms with E-state index in [4.69, 9.17) is 5.26 Å². The minimum atomic E-state index is -3.37. The fourth-order valence-electron chi connectivity index (χ4n) is 2.65. The van der Waals surface area contributed by atoms with Gasteiger partial charge in [-0.3, -0.25) is 0 Å². The normalized spacial score (nSPS) is 16.8. The quantitative estimate of drug-likeness (QED) is 0.906. The van der Waals surface area contributed by atoms with Crippen LogP contribution in [0.25, 0.3) is 0 Å². The van der Waals surface area contributed by atoms with Gasteiger partial charge in [-0.1, -0.05) is 37.5 Å². The molecule has 1 N–H and O–H groups in total. The number of nitrogens with zero attached hydrogens (tertiary/aromatic N) is 1. The molecule has 0 bridgehead atoms. The fraction of sp³-hybridized carbons (Fsp3) is 0.533. The van der Waals surface area contributed by atoms with Crippen LogP contribution in [0.1, 0.15) is 43.2 Å². The lowest BCUT2D eigenvalue weighted by molar-refractivity contribution is 0.357. The van der Waals surface area contributed by atoms with E-state index in [2.05, 4.69) is 4.72 Å². The van der Waals surface area contributed by atoms with Gasteiger partial charge >= 0.3 is 0 Å². The highest BCUT2D eigenvalue weighted by molar-refractivity contribution is 7.88. The van der Waals surface area contributed by atoms with Crippen molar-refractivity contribution in [1.82, 2.24) is 4.72 Å². The summed E-state index contributed by atoms with van der Waals surface area (Å²) < 4.78 is 26.9. The molecular weight excluding hydrogens is 272 g/mol. The molecule has 2 rings (SSSR count). The third kappa shape index (κ3) is 4.32. The highest BCUT2D eigenvalue weighted by Gasteiger charge is 2.18. The first-order valence-electron chi connectivity index (χ1n) is 7.06. The third-order valence-electron chi connectivity index (χ3n) is 3.80. The number of nitrogens with one attached hydrogen (secondary N) is 1. The first-order valence-corrected chi connectivity index (χ1v) is 8.71. The van der Waals surface area contributed by atoms with E-state index in [0.29, 0.717) is 23.6 Å². The van der Waals surface area contributed by atoms with Crippen molar-refractivity contribution in [3.63, 3.8) is 0 Å². The predicted octanol–water partition coefficient (Wildman–Crippen LogP) is 2.56. The largest absolute Gasteiger partial charge is 0.215 e. The molecule has 1 aliphatic rings. The van der Waals surface area contributed by atoms with E-state index >= 15 is 0 Å². The number of nitriles is 1. The van der Waals surface area contributed by atoms with Crippen molar-refractivity contribution in [1.29, 1.82) is 5.26 Å². The van der Waals surface area contributed by atoms with Gasteiger partial charge < -0.3 is 0 Å². The summed E-state index contributed by atoms with van der Waals surface area (Å²) >= 11 is 0. The molecule has 0 spiro atoms. The van der Waals surface area contributed by atoms with Crippen LogP contribution in [0, 0.1) is 17.2 Å². The highest BCUT2D eigenvalue weighted by Crippen LogP contribution is 2.23. The monoisotopic (exact) mass is 292 g/mol. The van der Waals surface area contributed by atoms with Crippen molar-refractivity contribution in [2.75, 3.05) is 6.54 Å². The number of rotatable bonds is 5. The maximum Gasteiger partial charge on any atom is 0.215 e. The average molecular weight is 292 g/mol. The topological polar surface area (TPSA) is 70.0 Å². The SMILES string of the molecule is N#Cc1ccccc1CS(=O)(=O)NCC1CCCCC1. The second kappa shape index (κ2) is 6.87. The molecule has 0 aliphatic heterocycles. The molecule has 5 heteroatoms. The molecule has 0 radical (unpaired) electrons. The molecule has 4 nitrogen and oxygen atoms in total. The summed E-state index contributed by atoms with van der Waals surface area (Å²) in [6, 6.07) is 8.87. The van der Waals surface area contributed by atoms with Crippen LogP contribution in [0.15, 0.2) is 24.3 Å². The molecule has 1 saturated carbocycles. The molecular formula is C15H20N2O2S. The van der Waals surface area contributed by atoms with Crippen LogP contribution in [0.3, 0.4) is 0 Å². The minimum absolute atomic E-state index is 0.122. The van der Waals surface area contributed by atoms with Gasteiger partial charge in [0.2, 0.25) is 10.0 Å². The summed E-state index contributed by atoms with van der Waals surface area (Å²) in [5.74, 6) is 0.341. The van der Waals surface area contributed by atoms with E-state index in [0.717, 1.165) is 12.8 Å². The second-order valence-corrected chi connectivity index (χ2v) is 7.19. The van der Waals surface area contributed by atoms with Crippen LogP contribution in [0.5, 0.6) is 0 Å². The maximum absolute atomic E-state index is 12.1. The standard InChI is InChI=1S/C15H20N2O2S/c16-10-14-8-4-5-9-15(14)12-20(18,19)17-11-13-6-2-1-3-7-13/h4-5,8-9,13,17H,1-3,6-7,11-12H2. The van der Waals surface area contributed by atoms with Gasteiger partial charge in [0.1, 0.15) is 0 Å². The summed E-state index contributed by atoms with van der Waals surface area (Å²) in [5, 5.41) is 8.98. The Morgan fingerprint density at radius 2 is 1.90 bits per heavy atom. The van der Waals surface area contributed by atoms with Gasteiger partial charge in [-0.25, -0.2) is 13.1 Å². The molecule has 0 atom stereocenters. The molecule has 1 aliphatic carbocycles. The third-order valence-corrected chi connectivity index (χ3v) is 5.10. The smallest absolute Gasteiger partial charge is 0.215 e. The zero-order valence-electron chi connectivity index (χ0n) is 11.5. The lowest BCUT2D eigenvalue weighted by atomic mass is 9.90. The van der Waals surface area contributed by atoms with Crippen molar-refractivity contribution in [3.8, 4) is 6.07 Å². The first-order chi connectivity index (χ1) is 9.61. The zero-order valence-corrected chi connectivity index (χ0v) is 12.3. The minimum Gasteiger partial charge on any atom is -0.215 e. The van der Waals surface area contributed by atoms with Crippen LogP contribution in [0.2, 0.25) is 0 Å². The van der Waals surface area contributed by atoms with E-state index in [-0.39, 0.29) is 5.75 Å². The Bertz CT molecular complexity index is 584. The summed E-state index contributed by atoms with van der Waals surface area (Å²) in [5.41, 5.74) is 0.988. The van der Waals surface area contributed by atoms with Gasteiger partial charge in [0.15, 0.2) is 0 Å². The molecule has 0 aromatic heterocycles. The van der Waals surface area contributed by atoms with E-state index in [1.165, 1.54) is 19.3 Å². The summed E-state index contributed by atoms with van der Waals surface area (Å²) in [6.07, 6.45) is 5.88. The van der Waals surface area contributed by atoms with Crippen LogP contribution in [0.4, 0.5) is 0 Å². The summed E-state index contributed by atoms with van der Waals surface area (Å²) in [6.45, 7) is 0.525. The fourth-order valence-corrected chi connectivity index (χ4v) is 3.90. The van der Waals surface area contributed by atoms with Gasteiger partial charge in [0.25, 0.3) is 0 Å². The molecule has 0 heterocycles. The van der Waals surface area contributed by atoms with Crippen molar-refractivity contribution in [3.05, 3.63) is 35.4 Å². The Labute approximate surface area is 120 Å². The average Bonchev–Trinajstić information content (AvgIpc) is 2.47. The summed E-state index contributed by atoms with van der Waals surface area (Å²) in [7, 11) is -3.37. The van der Waals surface area contributed by atoms with E-state index < -0.39 is 10.0 Å². The van der Waals surface area contributed by atoms with Crippen LogP contribution in [-0.2, 0) is 15.8 Å². The second-order valence-electron chi connectivity index (χ2n) is 5.38. The predicted molar refractivity (Wildman–Crippen MR) is 78.4 cm³/mol. The van der Waals surface area contributed by atoms with Crippen molar-refractivity contribution in [2.45, 2.75) is 37.9 Å². The van der Waals surface area contributed by atoms with Crippen LogP contribution < -0.4 is 4.72 Å². The van der Waals surface area contributed by atoms with Gasteiger partial charge in [0.05, 0.1) is 17.4 Å². The molecule has 1 aromatic rings. The molecule has 0 amide bonds. The Balaban J connectivity index is 1.95. The lowest BCUT2D eigenvalue weighted by Crippen LogP contribution is -2.31. The van der Waals surface area contributed by atoms with Crippen LogP contribution >= 0.6 is 0 Å². The van der Waals surface area contributed by atoms with Gasteiger partial charge in [-0.15, -0.1) is 0 Å². The van der Waals surface area contributed by atoms with Crippen molar-refractivity contribution in [2.24, 2.45) is 5.92 Å². The summed E-state index contributed by atoms with van der Waals surface area (Å²) in [4.78, 5) is 0. The van der Waals surface area contributed by atoms with E-state index in [1.807, 2.05) is 6.07 Å². The Hall–Kier alpha value is -1.38. The zero-order chi connectivity index (χ0) is 14.4. The first kappa shape index (κ1) is 15.0. The highest BCUT2D eigenvalue weighted by atomic mass is 32.2. The number of hydrogen-bond donors (Lipinski definition) is 1. The number of hydrogen-bond acceptors (Lipinski definition) is 3. The molecule has 20 heavy (non-hydrogen) atoms. The molecule has 0 unspecified atom stereocenters. The lowest BCUT2D eigenvalue weighted by Gasteiger charge is -2.21. The number of sulfonamides is 1. The Kier molecular flexibility index (Phi) is 5.16. The van der Waals surface area contributed by atoms with Crippen molar-refractivity contribution >= 4 is 10.0 Å². The van der Waals surface area contributed by atoms with Gasteiger partial charge in [-0.05, 0) is 30.4 Å². The van der Waals surface area contributed by atoms with Gasteiger partial charge in [0, 0.05) is 6.54 Å². The Morgan fingerprint density at radius 3 is 2.60 bits per heavy atom. The molecule has 108 valence electrons. The molecule has 0 saturated heterocycles. The molecule has 1 aromatic carbocycles. The van der Waals surface area contributed by atoms with E-state index in [9.17, 15) is 8.42 Å². The van der Waals surface area contributed by atoms with Crippen molar-refractivity contribution < 1.29 is 8.42 Å². The van der Waals surface area contributed by atoms with Crippen LogP contribution in [-0.4, -0.2) is 15.0 Å². The Morgan fingerprint density at radius 1 is 1.20 bits per heavy atom.